The van der Waals surface area contributed by atoms with Gasteiger partial charge in [0.1, 0.15) is 5.75 Å². The molecule has 0 radical (unpaired) electrons. The number of ether oxygens (including phenoxy) is 2. The monoisotopic (exact) mass is 402 g/mol. The van der Waals surface area contributed by atoms with Gasteiger partial charge in [-0.3, -0.25) is 9.59 Å². The molecule has 2 amide bonds. The van der Waals surface area contributed by atoms with Gasteiger partial charge in [-0.2, -0.15) is 0 Å². The molecule has 0 unspecified atom stereocenters. The van der Waals surface area contributed by atoms with Crippen LogP contribution in [0.15, 0.2) is 53.4 Å². The van der Waals surface area contributed by atoms with E-state index in [9.17, 15) is 14.4 Å². The van der Waals surface area contributed by atoms with E-state index in [1.165, 1.54) is 11.8 Å². The van der Waals surface area contributed by atoms with E-state index in [0.29, 0.717) is 28.4 Å². The summed E-state index contributed by atoms with van der Waals surface area (Å²) >= 11 is 1.21. The molecule has 2 rings (SSSR count). The Bertz CT molecular complexity index is 841. The topological polar surface area (TPSA) is 93.7 Å². The quantitative estimate of drug-likeness (QED) is 0.495. The number of methoxy groups -OCH3 is 1. The first-order chi connectivity index (χ1) is 13.5. The van der Waals surface area contributed by atoms with Crippen LogP contribution in [-0.4, -0.2) is 43.8 Å². The molecule has 148 valence electrons. The fraction of sp³-hybridized carbons (Fsp3) is 0.250. The van der Waals surface area contributed by atoms with E-state index in [0.717, 1.165) is 0 Å². The third-order valence-corrected chi connectivity index (χ3v) is 4.60. The number of nitrogens with one attached hydrogen (secondary N) is 2. The number of hydrogen-bond donors (Lipinski definition) is 2. The van der Waals surface area contributed by atoms with Crippen molar-refractivity contribution in [3.63, 3.8) is 0 Å². The van der Waals surface area contributed by atoms with Gasteiger partial charge < -0.3 is 20.1 Å². The third-order valence-electron chi connectivity index (χ3n) is 3.53. The zero-order chi connectivity index (χ0) is 20.4. The van der Waals surface area contributed by atoms with Gasteiger partial charge in [0.25, 0.3) is 5.91 Å². The maximum Gasteiger partial charge on any atom is 0.339 e. The number of rotatable bonds is 9. The Balaban J connectivity index is 1.94. The number of carbonyl (C=O) groups is 3. The van der Waals surface area contributed by atoms with Crippen LogP contribution >= 0.6 is 11.8 Å². The highest BCUT2D eigenvalue weighted by Gasteiger charge is 2.15. The molecular formula is C20H22N2O5S. The molecule has 7 nitrogen and oxygen atoms in total. The van der Waals surface area contributed by atoms with Gasteiger partial charge in [-0.15, -0.1) is 11.8 Å². The normalized spacial score (nSPS) is 10.1. The molecule has 0 spiro atoms. The van der Waals surface area contributed by atoms with Crippen LogP contribution in [0.25, 0.3) is 0 Å². The number of carbonyl (C=O) groups excluding carboxylic acids is 3. The summed E-state index contributed by atoms with van der Waals surface area (Å²) in [4.78, 5) is 36.5. The van der Waals surface area contributed by atoms with Crippen LogP contribution in [0.3, 0.4) is 0 Å². The van der Waals surface area contributed by atoms with E-state index in [1.54, 1.807) is 62.6 Å². The second kappa shape index (κ2) is 11.0. The summed E-state index contributed by atoms with van der Waals surface area (Å²) in [7, 11) is 1.55. The Labute approximate surface area is 167 Å². The van der Waals surface area contributed by atoms with Gasteiger partial charge in [-0.25, -0.2) is 4.79 Å². The van der Waals surface area contributed by atoms with Crippen molar-refractivity contribution in [1.29, 1.82) is 0 Å². The molecule has 2 aromatic rings. The highest BCUT2D eigenvalue weighted by Crippen LogP contribution is 2.24. The SMILES string of the molecule is CCNC(=O)COC(=O)c1ccccc1SCC(=O)Nc1cccc(OC)c1. The van der Waals surface area contributed by atoms with Crippen molar-refractivity contribution in [2.24, 2.45) is 0 Å². The molecule has 2 N–H and O–H groups in total. The fourth-order valence-corrected chi connectivity index (χ4v) is 3.10. The van der Waals surface area contributed by atoms with Crippen LogP contribution < -0.4 is 15.4 Å². The van der Waals surface area contributed by atoms with Crippen molar-refractivity contribution in [1.82, 2.24) is 5.32 Å². The van der Waals surface area contributed by atoms with Crippen molar-refractivity contribution in [3.05, 3.63) is 54.1 Å². The molecule has 2 aromatic carbocycles. The van der Waals surface area contributed by atoms with E-state index in [2.05, 4.69) is 10.6 Å². The number of likely N-dealkylation sites (N-methyl/N-ethyl adjacent to an activating group) is 1. The van der Waals surface area contributed by atoms with Gasteiger partial charge in [-0.05, 0) is 31.2 Å². The van der Waals surface area contributed by atoms with Gasteiger partial charge in [-0.1, -0.05) is 18.2 Å². The van der Waals surface area contributed by atoms with Gasteiger partial charge in [0.05, 0.1) is 18.4 Å². The summed E-state index contributed by atoms with van der Waals surface area (Å²) in [5, 5.41) is 5.34. The minimum atomic E-state index is -0.609. The number of anilines is 1. The van der Waals surface area contributed by atoms with Gasteiger partial charge >= 0.3 is 5.97 Å². The van der Waals surface area contributed by atoms with Crippen LogP contribution in [0.4, 0.5) is 5.69 Å². The Morgan fingerprint density at radius 2 is 1.82 bits per heavy atom. The Kier molecular flexibility index (Phi) is 8.36. The molecule has 0 aromatic heterocycles. The first kappa shape index (κ1) is 21.3. The van der Waals surface area contributed by atoms with E-state index in [-0.39, 0.29) is 24.2 Å². The Morgan fingerprint density at radius 3 is 2.57 bits per heavy atom. The van der Waals surface area contributed by atoms with E-state index in [1.807, 2.05) is 0 Å². The lowest BCUT2D eigenvalue weighted by Crippen LogP contribution is -2.28. The molecule has 0 heterocycles. The fourth-order valence-electron chi connectivity index (χ4n) is 2.26. The maximum atomic E-state index is 12.3. The molecule has 0 bridgehead atoms. The van der Waals surface area contributed by atoms with E-state index in [4.69, 9.17) is 9.47 Å². The summed E-state index contributed by atoms with van der Waals surface area (Å²) in [6.07, 6.45) is 0. The molecule has 0 aliphatic carbocycles. The predicted molar refractivity (Wildman–Crippen MR) is 108 cm³/mol. The summed E-state index contributed by atoms with van der Waals surface area (Å²) < 4.78 is 10.2. The highest BCUT2D eigenvalue weighted by molar-refractivity contribution is 8.00. The molecule has 0 aliphatic rings. The number of thioether (sulfide) groups is 1. The van der Waals surface area contributed by atoms with Crippen LogP contribution in [0, 0.1) is 0 Å². The van der Waals surface area contributed by atoms with Crippen molar-refractivity contribution in [2.45, 2.75) is 11.8 Å². The van der Waals surface area contributed by atoms with Crippen molar-refractivity contribution >= 4 is 35.2 Å². The number of benzene rings is 2. The standard InChI is InChI=1S/C20H22N2O5S/c1-3-21-18(23)12-27-20(25)16-9-4-5-10-17(16)28-13-19(24)22-14-7-6-8-15(11-14)26-2/h4-11H,3,12-13H2,1-2H3,(H,21,23)(H,22,24). The third kappa shape index (κ3) is 6.62. The average Bonchev–Trinajstić information content (AvgIpc) is 2.71. The predicted octanol–water partition coefficient (Wildman–Crippen LogP) is 2.72. The van der Waals surface area contributed by atoms with Gasteiger partial charge in [0, 0.05) is 23.2 Å². The van der Waals surface area contributed by atoms with Crippen molar-refractivity contribution in [2.75, 3.05) is 31.3 Å². The van der Waals surface area contributed by atoms with Crippen LogP contribution in [0.5, 0.6) is 5.75 Å². The zero-order valence-electron chi connectivity index (χ0n) is 15.7. The number of hydrogen-bond acceptors (Lipinski definition) is 6. The molecule has 0 saturated carbocycles. The first-order valence-electron chi connectivity index (χ1n) is 8.63. The van der Waals surface area contributed by atoms with Crippen LogP contribution in [-0.2, 0) is 14.3 Å². The molecule has 8 heteroatoms. The Hall–Kier alpha value is -3.00. The van der Waals surface area contributed by atoms with Crippen LogP contribution in [0.2, 0.25) is 0 Å². The average molecular weight is 402 g/mol. The minimum absolute atomic E-state index is 0.109. The second-order valence-electron chi connectivity index (χ2n) is 5.59. The summed E-state index contributed by atoms with van der Waals surface area (Å²) in [5.41, 5.74) is 0.936. The summed E-state index contributed by atoms with van der Waals surface area (Å²) in [6.45, 7) is 1.90. The molecule has 0 atom stereocenters. The van der Waals surface area contributed by atoms with Crippen LogP contribution in [0.1, 0.15) is 17.3 Å². The zero-order valence-corrected chi connectivity index (χ0v) is 16.5. The second-order valence-corrected chi connectivity index (χ2v) is 6.61. The smallest absolute Gasteiger partial charge is 0.339 e. The Morgan fingerprint density at radius 1 is 1.04 bits per heavy atom. The highest BCUT2D eigenvalue weighted by atomic mass is 32.2. The first-order valence-corrected chi connectivity index (χ1v) is 9.61. The van der Waals surface area contributed by atoms with E-state index < -0.39 is 5.97 Å². The number of amides is 2. The molecule has 0 aliphatic heterocycles. The molecule has 0 fully saturated rings. The van der Waals surface area contributed by atoms with Crippen molar-refractivity contribution in [3.8, 4) is 5.75 Å². The van der Waals surface area contributed by atoms with Gasteiger partial charge in [0.2, 0.25) is 5.91 Å². The van der Waals surface area contributed by atoms with Gasteiger partial charge in [0.15, 0.2) is 6.61 Å². The summed E-state index contributed by atoms with van der Waals surface area (Å²) in [5.74, 6) is -0.437. The molecule has 28 heavy (non-hydrogen) atoms. The van der Waals surface area contributed by atoms with E-state index >= 15 is 0 Å². The lowest BCUT2D eigenvalue weighted by molar-refractivity contribution is -0.124. The molecule has 0 saturated heterocycles. The maximum absolute atomic E-state index is 12.3. The number of esters is 1. The molecular weight excluding hydrogens is 380 g/mol. The lowest BCUT2D eigenvalue weighted by atomic mass is 10.2. The minimum Gasteiger partial charge on any atom is -0.497 e. The largest absolute Gasteiger partial charge is 0.497 e. The summed E-state index contributed by atoms with van der Waals surface area (Å²) in [6, 6.07) is 13.8. The van der Waals surface area contributed by atoms with Crippen molar-refractivity contribution < 1.29 is 23.9 Å². The lowest BCUT2D eigenvalue weighted by Gasteiger charge is -2.10.